The molecular weight excluding hydrogens is 300 g/mol. The average Bonchev–Trinajstić information content (AvgIpc) is 2.92. The van der Waals surface area contributed by atoms with Crippen LogP contribution in [0.15, 0.2) is 36.7 Å². The maximum atomic E-state index is 12.1. The second-order valence-corrected chi connectivity index (χ2v) is 5.34. The lowest BCUT2D eigenvalue weighted by atomic mass is 9.99. The van der Waals surface area contributed by atoms with E-state index in [1.807, 2.05) is 55.9 Å². The highest BCUT2D eigenvalue weighted by Crippen LogP contribution is 2.21. The summed E-state index contributed by atoms with van der Waals surface area (Å²) >= 11 is 0. The predicted molar refractivity (Wildman–Crippen MR) is 92.0 cm³/mol. The zero-order valence-electron chi connectivity index (χ0n) is 13.1. The van der Waals surface area contributed by atoms with Crippen molar-refractivity contribution in [2.75, 3.05) is 5.32 Å². The molecule has 2 aromatic rings. The molecule has 5 nitrogen and oxygen atoms in total. The van der Waals surface area contributed by atoms with Crippen molar-refractivity contribution in [2.24, 2.45) is 18.7 Å². The van der Waals surface area contributed by atoms with Crippen molar-refractivity contribution in [3.63, 3.8) is 0 Å². The summed E-state index contributed by atoms with van der Waals surface area (Å²) in [6, 6.07) is 7.13. The number of anilines is 1. The Morgan fingerprint density at radius 3 is 2.77 bits per heavy atom. The number of nitrogens with zero attached hydrogens (tertiary/aromatic N) is 2. The van der Waals surface area contributed by atoms with Gasteiger partial charge in [-0.2, -0.15) is 0 Å². The van der Waals surface area contributed by atoms with Crippen LogP contribution in [0.5, 0.6) is 0 Å². The van der Waals surface area contributed by atoms with Crippen LogP contribution in [0.25, 0.3) is 11.4 Å². The topological polar surface area (TPSA) is 72.9 Å². The largest absolute Gasteiger partial charge is 0.334 e. The van der Waals surface area contributed by atoms with Crippen molar-refractivity contribution < 1.29 is 4.79 Å². The number of hydrogen-bond acceptors (Lipinski definition) is 3. The van der Waals surface area contributed by atoms with Gasteiger partial charge in [0.05, 0.1) is 6.04 Å². The van der Waals surface area contributed by atoms with Crippen molar-refractivity contribution in [3.05, 3.63) is 36.7 Å². The summed E-state index contributed by atoms with van der Waals surface area (Å²) in [5.74, 6) is 0.862. The standard InChI is InChI=1S/C16H22N4O.ClH/c1-4-11(2)14(17)16(21)19-13-7-5-6-12(10-13)15-18-8-9-20(15)3;/h5-11,14H,4,17H2,1-3H3,(H,19,21);1H. The van der Waals surface area contributed by atoms with Gasteiger partial charge in [-0.25, -0.2) is 4.98 Å². The van der Waals surface area contributed by atoms with Crippen molar-refractivity contribution in [1.29, 1.82) is 0 Å². The molecule has 0 aliphatic rings. The van der Waals surface area contributed by atoms with Crippen LogP contribution in [0.1, 0.15) is 20.3 Å². The van der Waals surface area contributed by atoms with Crippen molar-refractivity contribution in [1.82, 2.24) is 9.55 Å². The Balaban J connectivity index is 0.00000242. The SMILES string of the molecule is CCC(C)C(N)C(=O)Nc1cccc(-c2nccn2C)c1.Cl. The Morgan fingerprint density at radius 2 is 2.18 bits per heavy atom. The Kier molecular flexibility index (Phi) is 6.59. The van der Waals surface area contributed by atoms with E-state index in [9.17, 15) is 4.79 Å². The van der Waals surface area contributed by atoms with Gasteiger partial charge in [-0.05, 0) is 18.1 Å². The van der Waals surface area contributed by atoms with E-state index in [2.05, 4.69) is 10.3 Å². The molecule has 2 atom stereocenters. The summed E-state index contributed by atoms with van der Waals surface area (Å²) in [5, 5.41) is 2.88. The monoisotopic (exact) mass is 322 g/mol. The van der Waals surface area contributed by atoms with E-state index in [-0.39, 0.29) is 24.2 Å². The Bertz CT molecular complexity index is 626. The molecule has 0 fully saturated rings. The molecule has 2 unspecified atom stereocenters. The minimum atomic E-state index is -0.494. The van der Waals surface area contributed by atoms with Gasteiger partial charge in [0, 0.05) is 30.7 Å². The van der Waals surface area contributed by atoms with Gasteiger partial charge >= 0.3 is 0 Å². The van der Waals surface area contributed by atoms with Gasteiger partial charge in [-0.3, -0.25) is 4.79 Å². The normalized spacial score (nSPS) is 13.1. The molecule has 1 heterocycles. The number of carbonyl (C=O) groups is 1. The molecule has 0 saturated carbocycles. The number of aryl methyl sites for hydroxylation is 1. The highest BCUT2D eigenvalue weighted by atomic mass is 35.5. The Labute approximate surface area is 137 Å². The number of aromatic nitrogens is 2. The smallest absolute Gasteiger partial charge is 0.241 e. The van der Waals surface area contributed by atoms with Crippen LogP contribution in [0.2, 0.25) is 0 Å². The molecule has 1 aromatic heterocycles. The summed E-state index contributed by atoms with van der Waals surface area (Å²) in [5.41, 5.74) is 7.64. The summed E-state index contributed by atoms with van der Waals surface area (Å²) in [6.45, 7) is 4.01. The van der Waals surface area contributed by atoms with Crippen LogP contribution in [-0.4, -0.2) is 21.5 Å². The molecule has 0 saturated heterocycles. The van der Waals surface area contributed by atoms with Gasteiger partial charge in [0.15, 0.2) is 0 Å². The maximum Gasteiger partial charge on any atom is 0.241 e. The number of imidazole rings is 1. The van der Waals surface area contributed by atoms with Crippen LogP contribution in [-0.2, 0) is 11.8 Å². The fourth-order valence-corrected chi connectivity index (χ4v) is 2.12. The number of nitrogens with two attached hydrogens (primary N) is 1. The van der Waals surface area contributed by atoms with E-state index in [0.29, 0.717) is 0 Å². The maximum absolute atomic E-state index is 12.1. The minimum Gasteiger partial charge on any atom is -0.334 e. The number of rotatable bonds is 5. The number of amides is 1. The molecule has 22 heavy (non-hydrogen) atoms. The summed E-state index contributed by atoms with van der Waals surface area (Å²) in [7, 11) is 1.94. The molecule has 0 bridgehead atoms. The molecular formula is C16H23ClN4O. The second-order valence-electron chi connectivity index (χ2n) is 5.34. The van der Waals surface area contributed by atoms with Gasteiger partial charge in [0.25, 0.3) is 0 Å². The zero-order chi connectivity index (χ0) is 15.4. The molecule has 1 amide bonds. The Hall–Kier alpha value is -1.85. The first-order valence-corrected chi connectivity index (χ1v) is 7.17. The average molecular weight is 323 g/mol. The van der Waals surface area contributed by atoms with E-state index in [0.717, 1.165) is 23.5 Å². The van der Waals surface area contributed by atoms with Crippen LogP contribution < -0.4 is 11.1 Å². The molecule has 6 heteroatoms. The molecule has 120 valence electrons. The molecule has 0 aliphatic heterocycles. The molecule has 0 aliphatic carbocycles. The fourth-order valence-electron chi connectivity index (χ4n) is 2.12. The lowest BCUT2D eigenvalue weighted by Gasteiger charge is -2.18. The zero-order valence-corrected chi connectivity index (χ0v) is 13.9. The van der Waals surface area contributed by atoms with E-state index >= 15 is 0 Å². The predicted octanol–water partition coefficient (Wildman–Crippen LogP) is 2.82. The summed E-state index contributed by atoms with van der Waals surface area (Å²) in [4.78, 5) is 16.4. The van der Waals surface area contributed by atoms with E-state index in [4.69, 9.17) is 5.73 Å². The number of halogens is 1. The first-order chi connectivity index (χ1) is 10.0. The van der Waals surface area contributed by atoms with E-state index in [1.165, 1.54) is 0 Å². The first-order valence-electron chi connectivity index (χ1n) is 7.17. The molecule has 0 radical (unpaired) electrons. The van der Waals surface area contributed by atoms with Crippen molar-refractivity contribution in [2.45, 2.75) is 26.3 Å². The molecule has 2 rings (SSSR count). The third kappa shape index (κ3) is 4.08. The highest BCUT2D eigenvalue weighted by Gasteiger charge is 2.19. The van der Waals surface area contributed by atoms with E-state index < -0.39 is 6.04 Å². The number of carbonyl (C=O) groups excluding carboxylic acids is 1. The van der Waals surface area contributed by atoms with Gasteiger partial charge in [0.1, 0.15) is 5.82 Å². The van der Waals surface area contributed by atoms with E-state index in [1.54, 1.807) is 6.20 Å². The lowest BCUT2D eigenvalue weighted by Crippen LogP contribution is -2.40. The van der Waals surface area contributed by atoms with Crippen molar-refractivity contribution in [3.8, 4) is 11.4 Å². The number of benzene rings is 1. The van der Waals surface area contributed by atoms with Gasteiger partial charge in [-0.1, -0.05) is 32.4 Å². The van der Waals surface area contributed by atoms with Crippen molar-refractivity contribution >= 4 is 24.0 Å². The first kappa shape index (κ1) is 18.2. The van der Waals surface area contributed by atoms with Crippen LogP contribution >= 0.6 is 12.4 Å². The minimum absolute atomic E-state index is 0. The molecule has 0 spiro atoms. The number of hydrogen-bond donors (Lipinski definition) is 2. The van der Waals surface area contributed by atoms with Crippen LogP contribution in [0.3, 0.4) is 0 Å². The molecule has 3 N–H and O–H groups in total. The summed E-state index contributed by atoms with van der Waals surface area (Å²) < 4.78 is 1.94. The third-order valence-electron chi connectivity index (χ3n) is 3.77. The van der Waals surface area contributed by atoms with Gasteiger partial charge in [-0.15, -0.1) is 12.4 Å². The third-order valence-corrected chi connectivity index (χ3v) is 3.77. The molecule has 1 aromatic carbocycles. The fraction of sp³-hybridized carbons (Fsp3) is 0.375. The van der Waals surface area contributed by atoms with Crippen LogP contribution in [0.4, 0.5) is 5.69 Å². The Morgan fingerprint density at radius 1 is 1.45 bits per heavy atom. The quantitative estimate of drug-likeness (QED) is 0.889. The van der Waals surface area contributed by atoms with Gasteiger partial charge in [0.2, 0.25) is 5.91 Å². The second kappa shape index (κ2) is 7.96. The summed E-state index contributed by atoms with van der Waals surface area (Å²) in [6.07, 6.45) is 4.51. The van der Waals surface area contributed by atoms with Gasteiger partial charge < -0.3 is 15.6 Å². The highest BCUT2D eigenvalue weighted by molar-refractivity contribution is 5.95. The number of nitrogens with one attached hydrogen (secondary N) is 1. The van der Waals surface area contributed by atoms with Crippen LogP contribution in [0, 0.1) is 5.92 Å². The lowest BCUT2D eigenvalue weighted by molar-refractivity contribution is -0.118.